The number of thiophene rings is 1. The largest absolute Gasteiger partial charge is 0.488 e. The summed E-state index contributed by atoms with van der Waals surface area (Å²) in [5.41, 5.74) is 5.15. The van der Waals surface area contributed by atoms with Gasteiger partial charge >= 0.3 is 12.0 Å². The fourth-order valence-electron chi connectivity index (χ4n) is 2.01. The van der Waals surface area contributed by atoms with Gasteiger partial charge in [-0.3, -0.25) is 4.79 Å². The second kappa shape index (κ2) is 9.50. The van der Waals surface area contributed by atoms with E-state index in [1.54, 1.807) is 18.2 Å². The van der Waals surface area contributed by atoms with E-state index in [2.05, 4.69) is 5.32 Å². The summed E-state index contributed by atoms with van der Waals surface area (Å²) in [5.74, 6) is -0.0214. The van der Waals surface area contributed by atoms with Crippen molar-refractivity contribution in [3.8, 4) is 5.75 Å². The molecule has 0 aliphatic carbocycles. The Morgan fingerprint density at radius 1 is 1.24 bits per heavy atom. The van der Waals surface area contributed by atoms with Gasteiger partial charge in [-0.05, 0) is 29.6 Å². The number of amides is 2. The highest BCUT2D eigenvalue weighted by Gasteiger charge is 2.19. The predicted octanol–water partition coefficient (Wildman–Crippen LogP) is 3.78. The van der Waals surface area contributed by atoms with Crippen molar-refractivity contribution in [3.63, 3.8) is 0 Å². The number of hydrogen-bond donors (Lipinski definition) is 2. The van der Waals surface area contributed by atoms with Crippen molar-refractivity contribution in [3.05, 3.63) is 50.6 Å². The van der Waals surface area contributed by atoms with E-state index in [0.717, 1.165) is 4.88 Å². The van der Waals surface area contributed by atoms with Gasteiger partial charge in [-0.15, -0.1) is 11.3 Å². The summed E-state index contributed by atoms with van der Waals surface area (Å²) in [6.45, 7) is 0.186. The molecule has 134 valence electrons. The minimum Gasteiger partial charge on any atom is -0.488 e. The molecule has 0 radical (unpaired) electrons. The molecule has 1 atom stereocenters. The molecule has 2 aromatic rings. The lowest BCUT2D eigenvalue weighted by atomic mass is 10.2. The first-order chi connectivity index (χ1) is 12.0. The SMILES string of the molecule is NC(=O)NC(CC(=O)OCCOc1ccc(Cl)cc1Cl)c1cccs1. The Morgan fingerprint density at radius 2 is 2.04 bits per heavy atom. The smallest absolute Gasteiger partial charge is 0.312 e. The van der Waals surface area contributed by atoms with Crippen LogP contribution >= 0.6 is 34.5 Å². The molecule has 1 aromatic carbocycles. The molecule has 6 nitrogen and oxygen atoms in total. The molecule has 1 aromatic heterocycles. The molecule has 1 unspecified atom stereocenters. The number of nitrogens with one attached hydrogen (secondary N) is 1. The summed E-state index contributed by atoms with van der Waals surface area (Å²) in [5, 5.41) is 5.26. The molecule has 1 heterocycles. The molecule has 3 N–H and O–H groups in total. The van der Waals surface area contributed by atoms with Crippen LogP contribution in [0.2, 0.25) is 10.0 Å². The lowest BCUT2D eigenvalue weighted by Gasteiger charge is -2.15. The molecule has 0 saturated heterocycles. The Bertz CT molecular complexity index is 725. The van der Waals surface area contributed by atoms with Crippen LogP contribution in [0.3, 0.4) is 0 Å². The molecule has 0 aliphatic rings. The summed E-state index contributed by atoms with van der Waals surface area (Å²) in [4.78, 5) is 23.8. The summed E-state index contributed by atoms with van der Waals surface area (Å²) in [6.07, 6.45) is -0.0227. The molecule has 0 spiro atoms. The van der Waals surface area contributed by atoms with E-state index in [4.69, 9.17) is 38.4 Å². The number of carbonyl (C=O) groups excluding carboxylic acids is 2. The van der Waals surface area contributed by atoms with Gasteiger partial charge in [0.05, 0.1) is 17.5 Å². The van der Waals surface area contributed by atoms with Crippen LogP contribution < -0.4 is 15.8 Å². The highest BCUT2D eigenvalue weighted by atomic mass is 35.5. The maximum absolute atomic E-state index is 11.9. The van der Waals surface area contributed by atoms with E-state index >= 15 is 0 Å². The van der Waals surface area contributed by atoms with Crippen molar-refractivity contribution in [2.75, 3.05) is 13.2 Å². The first-order valence-electron chi connectivity index (χ1n) is 7.28. The Kier molecular flexibility index (Phi) is 7.36. The Hall–Kier alpha value is -1.96. The van der Waals surface area contributed by atoms with Crippen LogP contribution in [0.1, 0.15) is 17.3 Å². The van der Waals surface area contributed by atoms with Crippen molar-refractivity contribution in [2.45, 2.75) is 12.5 Å². The van der Waals surface area contributed by atoms with Gasteiger partial charge in [-0.2, -0.15) is 0 Å². The maximum atomic E-state index is 11.9. The van der Waals surface area contributed by atoms with Gasteiger partial charge in [0.2, 0.25) is 0 Å². The standard InChI is InChI=1S/C16H16Cl2N2O4S/c17-10-3-4-13(11(18)8-10)23-5-6-24-15(21)9-12(20-16(19)22)14-2-1-7-25-14/h1-4,7-8,12H,5-6,9H2,(H3,19,20,22). The number of primary amides is 1. The number of esters is 1. The third-order valence-electron chi connectivity index (χ3n) is 3.07. The lowest BCUT2D eigenvalue weighted by Crippen LogP contribution is -2.34. The zero-order chi connectivity index (χ0) is 18.2. The number of benzene rings is 1. The topological polar surface area (TPSA) is 90.7 Å². The van der Waals surface area contributed by atoms with Crippen LogP contribution in [0.15, 0.2) is 35.7 Å². The first kappa shape index (κ1) is 19.4. The molecule has 9 heteroatoms. The van der Waals surface area contributed by atoms with Crippen LogP contribution in [-0.4, -0.2) is 25.2 Å². The Labute approximate surface area is 158 Å². The second-order valence-corrected chi connectivity index (χ2v) is 6.75. The monoisotopic (exact) mass is 402 g/mol. The number of halogens is 2. The van der Waals surface area contributed by atoms with Crippen molar-refractivity contribution >= 4 is 46.5 Å². The Morgan fingerprint density at radius 3 is 2.68 bits per heavy atom. The minimum atomic E-state index is -0.702. The van der Waals surface area contributed by atoms with Gasteiger partial charge in [0, 0.05) is 9.90 Å². The van der Waals surface area contributed by atoms with E-state index in [1.165, 1.54) is 11.3 Å². The van der Waals surface area contributed by atoms with E-state index < -0.39 is 18.0 Å². The number of nitrogens with two attached hydrogens (primary N) is 1. The highest BCUT2D eigenvalue weighted by Crippen LogP contribution is 2.27. The molecule has 0 aliphatic heterocycles. The maximum Gasteiger partial charge on any atom is 0.312 e. The summed E-state index contributed by atoms with van der Waals surface area (Å²) >= 11 is 13.2. The molecule has 2 amide bonds. The molecule has 0 fully saturated rings. The average molecular weight is 403 g/mol. The van der Waals surface area contributed by atoms with Gasteiger partial charge in [-0.25, -0.2) is 4.79 Å². The number of carbonyl (C=O) groups is 2. The molecule has 0 bridgehead atoms. The normalized spacial score (nSPS) is 11.6. The van der Waals surface area contributed by atoms with Gasteiger partial charge in [-0.1, -0.05) is 29.3 Å². The number of ether oxygens (including phenoxy) is 2. The summed E-state index contributed by atoms with van der Waals surface area (Å²) in [7, 11) is 0. The number of rotatable bonds is 8. The van der Waals surface area contributed by atoms with Crippen LogP contribution in [0.4, 0.5) is 4.79 Å². The zero-order valence-corrected chi connectivity index (χ0v) is 15.4. The number of hydrogen-bond acceptors (Lipinski definition) is 5. The zero-order valence-electron chi connectivity index (χ0n) is 13.0. The van der Waals surface area contributed by atoms with Gasteiger partial charge in [0.25, 0.3) is 0 Å². The first-order valence-corrected chi connectivity index (χ1v) is 8.92. The Balaban J connectivity index is 1.78. The fraction of sp³-hybridized carbons (Fsp3) is 0.250. The predicted molar refractivity (Wildman–Crippen MR) is 97.3 cm³/mol. The fourth-order valence-corrected chi connectivity index (χ4v) is 3.25. The van der Waals surface area contributed by atoms with Crippen LogP contribution in [0.25, 0.3) is 0 Å². The van der Waals surface area contributed by atoms with Gasteiger partial charge in [0.15, 0.2) is 0 Å². The van der Waals surface area contributed by atoms with Crippen molar-refractivity contribution < 1.29 is 19.1 Å². The third kappa shape index (κ3) is 6.45. The summed E-state index contributed by atoms with van der Waals surface area (Å²) in [6, 6.07) is 7.26. The van der Waals surface area contributed by atoms with E-state index in [9.17, 15) is 9.59 Å². The van der Waals surface area contributed by atoms with Gasteiger partial charge < -0.3 is 20.5 Å². The van der Waals surface area contributed by atoms with Crippen LogP contribution in [0, 0.1) is 0 Å². The third-order valence-corrected chi connectivity index (χ3v) is 4.59. The molecular weight excluding hydrogens is 387 g/mol. The van der Waals surface area contributed by atoms with Crippen molar-refractivity contribution in [1.82, 2.24) is 5.32 Å². The van der Waals surface area contributed by atoms with Crippen molar-refractivity contribution in [1.29, 1.82) is 0 Å². The van der Waals surface area contributed by atoms with E-state index in [-0.39, 0.29) is 19.6 Å². The highest BCUT2D eigenvalue weighted by molar-refractivity contribution is 7.10. The average Bonchev–Trinajstić information content (AvgIpc) is 3.06. The molecule has 0 saturated carbocycles. The molecule has 25 heavy (non-hydrogen) atoms. The summed E-state index contributed by atoms with van der Waals surface area (Å²) < 4.78 is 10.5. The quantitative estimate of drug-likeness (QED) is 0.519. The van der Waals surface area contributed by atoms with E-state index in [0.29, 0.717) is 15.8 Å². The van der Waals surface area contributed by atoms with Crippen LogP contribution in [-0.2, 0) is 9.53 Å². The van der Waals surface area contributed by atoms with Gasteiger partial charge in [0.1, 0.15) is 19.0 Å². The lowest BCUT2D eigenvalue weighted by molar-refractivity contribution is -0.144. The number of urea groups is 1. The van der Waals surface area contributed by atoms with E-state index in [1.807, 2.05) is 17.5 Å². The minimum absolute atomic E-state index is 0.0227. The molecule has 2 rings (SSSR count). The molecular formula is C16H16Cl2N2O4S. The second-order valence-electron chi connectivity index (χ2n) is 4.92. The van der Waals surface area contributed by atoms with Crippen LogP contribution in [0.5, 0.6) is 5.75 Å². The van der Waals surface area contributed by atoms with Crippen molar-refractivity contribution in [2.24, 2.45) is 5.73 Å².